The molecule has 0 saturated carbocycles. The second kappa shape index (κ2) is 6.08. The van der Waals surface area contributed by atoms with Gasteiger partial charge in [-0.2, -0.15) is 0 Å². The van der Waals surface area contributed by atoms with E-state index in [2.05, 4.69) is 23.7 Å². The van der Waals surface area contributed by atoms with Crippen LogP contribution in [-0.2, 0) is 0 Å². The Hall–Kier alpha value is -0.920. The normalized spacial score (nSPS) is 5.75. The van der Waals surface area contributed by atoms with Gasteiger partial charge in [-0.3, -0.25) is 0 Å². The van der Waals surface area contributed by atoms with Crippen molar-refractivity contribution in [1.82, 2.24) is 0 Å². The van der Waals surface area contributed by atoms with Gasteiger partial charge in [0.2, 0.25) is 0 Å². The minimum atomic E-state index is 0.436. The number of hydrogen-bond donors (Lipinski definition) is 1. The predicted octanol–water partition coefficient (Wildman–Crippen LogP) is 0.362. The summed E-state index contributed by atoms with van der Waals surface area (Å²) in [6, 6.07) is 0. The SMILES string of the molecule is CC#CCC#CCN. The largest absolute Gasteiger partial charge is 0.320 e. The second-order valence-corrected chi connectivity index (χ2v) is 1.16. The molecule has 0 spiro atoms. The van der Waals surface area contributed by atoms with Crippen LogP contribution < -0.4 is 5.73 Å². The molecular formula is C7H9N. The van der Waals surface area contributed by atoms with E-state index < -0.39 is 0 Å². The maximum Gasteiger partial charge on any atom is 0.0703 e. The van der Waals surface area contributed by atoms with Gasteiger partial charge in [0.1, 0.15) is 0 Å². The van der Waals surface area contributed by atoms with E-state index >= 15 is 0 Å². The third kappa shape index (κ3) is 5.08. The Balaban J connectivity index is 3.24. The number of nitrogens with two attached hydrogens (primary N) is 1. The van der Waals surface area contributed by atoms with Crippen molar-refractivity contribution in [3.8, 4) is 23.7 Å². The van der Waals surface area contributed by atoms with Crippen LogP contribution in [0.3, 0.4) is 0 Å². The van der Waals surface area contributed by atoms with Gasteiger partial charge in [0.05, 0.1) is 13.0 Å². The molecule has 0 bridgehead atoms. The first-order valence-corrected chi connectivity index (χ1v) is 2.47. The number of rotatable bonds is 0. The molecule has 1 heteroatoms. The first-order valence-electron chi connectivity index (χ1n) is 2.47. The average Bonchev–Trinajstić information content (AvgIpc) is 1.81. The third-order valence-electron chi connectivity index (χ3n) is 0.581. The van der Waals surface area contributed by atoms with Crippen LogP contribution in [0.1, 0.15) is 13.3 Å². The van der Waals surface area contributed by atoms with Crippen molar-refractivity contribution in [2.75, 3.05) is 6.54 Å². The van der Waals surface area contributed by atoms with Crippen molar-refractivity contribution in [2.45, 2.75) is 13.3 Å². The molecule has 0 aliphatic rings. The highest BCUT2D eigenvalue weighted by Crippen LogP contribution is 1.66. The molecule has 8 heavy (non-hydrogen) atoms. The summed E-state index contributed by atoms with van der Waals surface area (Å²) in [5.74, 6) is 11.0. The Kier molecular flexibility index (Phi) is 5.38. The van der Waals surface area contributed by atoms with E-state index in [4.69, 9.17) is 5.73 Å². The Morgan fingerprint density at radius 2 is 2.00 bits per heavy atom. The molecule has 0 atom stereocenters. The van der Waals surface area contributed by atoms with Crippen molar-refractivity contribution in [3.63, 3.8) is 0 Å². The molecule has 0 fully saturated rings. The molecule has 0 heterocycles. The van der Waals surface area contributed by atoms with Gasteiger partial charge in [-0.15, -0.1) is 5.92 Å². The molecule has 0 unspecified atom stereocenters. The van der Waals surface area contributed by atoms with Gasteiger partial charge in [0, 0.05) is 0 Å². The molecule has 42 valence electrons. The zero-order valence-corrected chi connectivity index (χ0v) is 4.99. The lowest BCUT2D eigenvalue weighted by Gasteiger charge is -1.68. The summed E-state index contributed by atoms with van der Waals surface area (Å²) in [5.41, 5.74) is 5.09. The molecule has 0 saturated heterocycles. The summed E-state index contributed by atoms with van der Waals surface area (Å²) in [6.45, 7) is 2.23. The van der Waals surface area contributed by atoms with Gasteiger partial charge < -0.3 is 5.73 Å². The molecule has 0 amide bonds. The van der Waals surface area contributed by atoms with E-state index in [1.165, 1.54) is 0 Å². The maximum atomic E-state index is 5.09. The van der Waals surface area contributed by atoms with Crippen LogP contribution in [0.4, 0.5) is 0 Å². The van der Waals surface area contributed by atoms with E-state index in [1.807, 2.05) is 0 Å². The summed E-state index contributed by atoms with van der Waals surface area (Å²) in [4.78, 5) is 0. The maximum absolute atomic E-state index is 5.09. The van der Waals surface area contributed by atoms with Crippen molar-refractivity contribution in [3.05, 3.63) is 0 Å². The highest BCUT2D eigenvalue weighted by Gasteiger charge is 1.61. The monoisotopic (exact) mass is 107 g/mol. The molecule has 1 nitrogen and oxygen atoms in total. The van der Waals surface area contributed by atoms with E-state index in [0.29, 0.717) is 13.0 Å². The van der Waals surface area contributed by atoms with E-state index in [9.17, 15) is 0 Å². The zero-order valence-electron chi connectivity index (χ0n) is 4.99. The van der Waals surface area contributed by atoms with E-state index in [-0.39, 0.29) is 0 Å². The van der Waals surface area contributed by atoms with Crippen molar-refractivity contribution in [1.29, 1.82) is 0 Å². The molecule has 0 aliphatic carbocycles. The van der Waals surface area contributed by atoms with Crippen LogP contribution in [0.5, 0.6) is 0 Å². The van der Waals surface area contributed by atoms with E-state index in [0.717, 1.165) is 0 Å². The summed E-state index contributed by atoms with van der Waals surface area (Å²) in [5, 5.41) is 0. The van der Waals surface area contributed by atoms with Crippen LogP contribution in [0.2, 0.25) is 0 Å². The Bertz CT molecular complexity index is 149. The summed E-state index contributed by atoms with van der Waals surface area (Å²) >= 11 is 0. The zero-order chi connectivity index (χ0) is 6.24. The molecule has 0 aromatic heterocycles. The Labute approximate surface area is 50.3 Å². The lowest BCUT2D eigenvalue weighted by Crippen LogP contribution is -1.92. The predicted molar refractivity (Wildman–Crippen MR) is 34.9 cm³/mol. The quantitative estimate of drug-likeness (QED) is 0.444. The van der Waals surface area contributed by atoms with Gasteiger partial charge in [-0.05, 0) is 6.92 Å². The Morgan fingerprint density at radius 3 is 2.50 bits per heavy atom. The van der Waals surface area contributed by atoms with Crippen molar-refractivity contribution < 1.29 is 0 Å². The summed E-state index contributed by atoms with van der Waals surface area (Å²) in [7, 11) is 0. The molecule has 0 aromatic carbocycles. The van der Waals surface area contributed by atoms with Crippen LogP contribution in [0.25, 0.3) is 0 Å². The fourth-order valence-corrected chi connectivity index (χ4v) is 0.267. The minimum Gasteiger partial charge on any atom is -0.320 e. The molecule has 0 radical (unpaired) electrons. The van der Waals surface area contributed by atoms with Gasteiger partial charge >= 0.3 is 0 Å². The lowest BCUT2D eigenvalue weighted by atomic mass is 10.4. The molecular weight excluding hydrogens is 98.1 g/mol. The van der Waals surface area contributed by atoms with Gasteiger partial charge in [0.25, 0.3) is 0 Å². The first-order chi connectivity index (χ1) is 3.91. The first kappa shape index (κ1) is 7.08. The van der Waals surface area contributed by atoms with Crippen LogP contribution in [0.15, 0.2) is 0 Å². The van der Waals surface area contributed by atoms with Crippen LogP contribution in [-0.4, -0.2) is 6.54 Å². The highest BCUT2D eigenvalue weighted by atomic mass is 14.5. The fourth-order valence-electron chi connectivity index (χ4n) is 0.267. The molecule has 0 rings (SSSR count). The van der Waals surface area contributed by atoms with Crippen molar-refractivity contribution in [2.24, 2.45) is 5.73 Å². The Morgan fingerprint density at radius 1 is 1.25 bits per heavy atom. The van der Waals surface area contributed by atoms with Gasteiger partial charge in [-0.25, -0.2) is 0 Å². The lowest BCUT2D eigenvalue weighted by molar-refractivity contribution is 1.29. The molecule has 0 aromatic rings. The van der Waals surface area contributed by atoms with Crippen LogP contribution in [0, 0.1) is 23.7 Å². The fraction of sp³-hybridized carbons (Fsp3) is 0.429. The summed E-state index contributed by atoms with van der Waals surface area (Å²) in [6.07, 6.45) is 0.647. The topological polar surface area (TPSA) is 26.0 Å². The van der Waals surface area contributed by atoms with Gasteiger partial charge in [-0.1, -0.05) is 17.8 Å². The van der Waals surface area contributed by atoms with Gasteiger partial charge in [0.15, 0.2) is 0 Å². The second-order valence-electron chi connectivity index (χ2n) is 1.16. The third-order valence-corrected chi connectivity index (χ3v) is 0.581. The molecule has 2 N–H and O–H groups in total. The minimum absolute atomic E-state index is 0.436. The average molecular weight is 107 g/mol. The van der Waals surface area contributed by atoms with E-state index in [1.54, 1.807) is 6.92 Å². The standard InChI is InChI=1S/C7H9N/c1-2-3-4-5-6-7-8/h4,7-8H2,1H3. The van der Waals surface area contributed by atoms with Crippen LogP contribution >= 0.6 is 0 Å². The summed E-state index contributed by atoms with van der Waals surface area (Å²) < 4.78 is 0. The smallest absolute Gasteiger partial charge is 0.0703 e. The van der Waals surface area contributed by atoms with Crippen molar-refractivity contribution >= 4 is 0 Å². The molecule has 0 aliphatic heterocycles. The number of hydrogen-bond acceptors (Lipinski definition) is 1. The highest BCUT2D eigenvalue weighted by molar-refractivity contribution is 5.10.